The predicted molar refractivity (Wildman–Crippen MR) is 95.7 cm³/mol. The van der Waals surface area contributed by atoms with E-state index in [9.17, 15) is 4.79 Å². The fraction of sp³-hybridized carbons (Fsp3) is 0.611. The van der Waals surface area contributed by atoms with Gasteiger partial charge in [-0.15, -0.1) is 0 Å². The third kappa shape index (κ3) is 3.60. The largest absolute Gasteiger partial charge is 0.496 e. The highest BCUT2D eigenvalue weighted by Gasteiger charge is 2.51. The fourth-order valence-electron chi connectivity index (χ4n) is 2.54. The first kappa shape index (κ1) is 18.8. The molecule has 0 bridgehead atoms. The summed E-state index contributed by atoms with van der Waals surface area (Å²) in [5.74, 6) is 0.759. The van der Waals surface area contributed by atoms with E-state index < -0.39 is 18.3 Å². The number of rotatable bonds is 5. The van der Waals surface area contributed by atoms with Gasteiger partial charge in [0.15, 0.2) is 0 Å². The lowest BCUT2D eigenvalue weighted by atomic mass is 9.78. The van der Waals surface area contributed by atoms with Gasteiger partial charge in [-0.05, 0) is 46.1 Å². The molecule has 132 valence electrons. The summed E-state index contributed by atoms with van der Waals surface area (Å²) in [6.07, 6.45) is 0.293. The number of carbonyl (C=O) groups excluding carboxylic acids is 1. The van der Waals surface area contributed by atoms with Crippen molar-refractivity contribution >= 4 is 18.5 Å². The summed E-state index contributed by atoms with van der Waals surface area (Å²) in [4.78, 5) is 14.0. The number of benzene rings is 1. The Morgan fingerprint density at radius 1 is 1.21 bits per heavy atom. The highest BCUT2D eigenvalue weighted by molar-refractivity contribution is 6.62. The number of amides is 1. The number of ether oxygens (including phenoxy) is 1. The van der Waals surface area contributed by atoms with Gasteiger partial charge in [-0.25, -0.2) is 0 Å². The normalized spacial score (nSPS) is 18.5. The van der Waals surface area contributed by atoms with Gasteiger partial charge < -0.3 is 18.9 Å². The first-order chi connectivity index (χ1) is 11.1. The number of likely N-dealkylation sites (N-methyl/N-ethyl adjacent to an activating group) is 1. The van der Waals surface area contributed by atoms with E-state index in [0.717, 1.165) is 11.0 Å². The van der Waals surface area contributed by atoms with Crippen molar-refractivity contribution in [2.45, 2.75) is 52.2 Å². The highest BCUT2D eigenvalue weighted by Crippen LogP contribution is 2.36. The molecule has 0 saturated carbocycles. The summed E-state index contributed by atoms with van der Waals surface area (Å²) in [5.41, 5.74) is 0.956. The monoisotopic (exact) mass is 333 g/mol. The van der Waals surface area contributed by atoms with Crippen LogP contribution >= 0.6 is 0 Å². The lowest BCUT2D eigenvalue weighted by molar-refractivity contribution is -0.129. The average Bonchev–Trinajstić information content (AvgIpc) is 2.74. The Hall–Kier alpha value is -1.53. The fourth-order valence-corrected chi connectivity index (χ4v) is 2.54. The standard InChI is InChI=1S/C18H28BNO4/c1-8-20(6)16(21)12-13-11-14(9-10-15(13)22-7)19-23-17(2,3)18(4,5)24-19/h9-11H,8,12H2,1-7H3. The Balaban J connectivity index is 2.28. The van der Waals surface area contributed by atoms with Crippen LogP contribution in [0.5, 0.6) is 5.75 Å². The zero-order valence-electron chi connectivity index (χ0n) is 15.8. The molecule has 1 heterocycles. The summed E-state index contributed by atoms with van der Waals surface area (Å²) in [7, 11) is 2.97. The zero-order chi connectivity index (χ0) is 18.1. The Morgan fingerprint density at radius 2 is 1.79 bits per heavy atom. The lowest BCUT2D eigenvalue weighted by Crippen LogP contribution is -2.41. The third-order valence-electron chi connectivity index (χ3n) is 5.07. The van der Waals surface area contributed by atoms with Gasteiger partial charge in [0.05, 0.1) is 24.7 Å². The number of hydrogen-bond donors (Lipinski definition) is 0. The molecule has 1 aromatic rings. The van der Waals surface area contributed by atoms with Crippen molar-refractivity contribution in [2.75, 3.05) is 20.7 Å². The van der Waals surface area contributed by atoms with Crippen LogP contribution in [0.3, 0.4) is 0 Å². The molecule has 0 aromatic heterocycles. The molecule has 0 unspecified atom stereocenters. The predicted octanol–water partition coefficient (Wildman–Crippen LogP) is 2.02. The molecule has 24 heavy (non-hydrogen) atoms. The van der Waals surface area contributed by atoms with Gasteiger partial charge in [0.1, 0.15) is 5.75 Å². The number of methoxy groups -OCH3 is 1. The van der Waals surface area contributed by atoms with Crippen LogP contribution in [0.2, 0.25) is 0 Å². The lowest BCUT2D eigenvalue weighted by Gasteiger charge is -2.32. The van der Waals surface area contributed by atoms with E-state index in [1.54, 1.807) is 19.1 Å². The first-order valence-electron chi connectivity index (χ1n) is 8.37. The van der Waals surface area contributed by atoms with Crippen LogP contribution in [0.4, 0.5) is 0 Å². The van der Waals surface area contributed by atoms with Crippen molar-refractivity contribution in [3.05, 3.63) is 23.8 Å². The minimum Gasteiger partial charge on any atom is -0.496 e. The SMILES string of the molecule is CCN(C)C(=O)Cc1cc(B2OC(C)(C)C(C)(C)O2)ccc1OC. The van der Waals surface area contributed by atoms with Crippen LogP contribution in [0.1, 0.15) is 40.2 Å². The topological polar surface area (TPSA) is 48.0 Å². The Bertz CT molecular complexity index is 599. The van der Waals surface area contributed by atoms with Gasteiger partial charge >= 0.3 is 7.12 Å². The maximum Gasteiger partial charge on any atom is 0.494 e. The van der Waals surface area contributed by atoms with E-state index in [1.165, 1.54) is 0 Å². The van der Waals surface area contributed by atoms with Crippen molar-refractivity contribution in [1.29, 1.82) is 0 Å². The number of carbonyl (C=O) groups is 1. The van der Waals surface area contributed by atoms with Crippen molar-refractivity contribution in [2.24, 2.45) is 0 Å². The summed E-state index contributed by atoms with van der Waals surface area (Å²) < 4.78 is 17.6. The minimum absolute atomic E-state index is 0.0573. The van der Waals surface area contributed by atoms with Crippen LogP contribution in [0, 0.1) is 0 Å². The Labute approximate surface area is 145 Å². The second-order valence-corrected chi connectivity index (χ2v) is 7.24. The van der Waals surface area contributed by atoms with Gasteiger partial charge in [0, 0.05) is 19.2 Å². The molecule has 1 amide bonds. The molecule has 1 aliphatic rings. The van der Waals surface area contributed by atoms with E-state index in [1.807, 2.05) is 52.8 Å². The van der Waals surface area contributed by atoms with Gasteiger partial charge in [-0.3, -0.25) is 4.79 Å². The summed E-state index contributed by atoms with van der Waals surface area (Å²) in [6, 6.07) is 5.75. The van der Waals surface area contributed by atoms with E-state index in [4.69, 9.17) is 14.0 Å². The summed E-state index contributed by atoms with van der Waals surface area (Å²) >= 11 is 0. The van der Waals surface area contributed by atoms with Crippen molar-refractivity contribution < 1.29 is 18.8 Å². The molecule has 1 fully saturated rings. The molecule has 1 saturated heterocycles. The van der Waals surface area contributed by atoms with Crippen molar-refractivity contribution in [1.82, 2.24) is 4.90 Å². The van der Waals surface area contributed by atoms with Gasteiger partial charge in [0.25, 0.3) is 0 Å². The van der Waals surface area contributed by atoms with Crippen LogP contribution in [0.15, 0.2) is 18.2 Å². The van der Waals surface area contributed by atoms with Crippen LogP contribution in [-0.4, -0.2) is 49.8 Å². The molecule has 0 spiro atoms. The molecule has 0 atom stereocenters. The Morgan fingerprint density at radius 3 is 2.29 bits per heavy atom. The molecule has 0 radical (unpaired) electrons. The third-order valence-corrected chi connectivity index (χ3v) is 5.07. The summed E-state index contributed by atoms with van der Waals surface area (Å²) in [5, 5.41) is 0. The van der Waals surface area contributed by atoms with Crippen molar-refractivity contribution in [3.8, 4) is 5.75 Å². The second-order valence-electron chi connectivity index (χ2n) is 7.24. The molecule has 0 N–H and O–H groups in total. The molecule has 1 aromatic carbocycles. The summed E-state index contributed by atoms with van der Waals surface area (Å²) in [6.45, 7) is 10.7. The highest BCUT2D eigenvalue weighted by atomic mass is 16.7. The van der Waals surface area contributed by atoms with Crippen LogP contribution < -0.4 is 10.2 Å². The smallest absolute Gasteiger partial charge is 0.494 e. The Kier molecular flexibility index (Phi) is 5.30. The number of nitrogens with zero attached hydrogens (tertiary/aromatic N) is 1. The van der Waals surface area contributed by atoms with E-state index >= 15 is 0 Å². The molecule has 5 nitrogen and oxygen atoms in total. The number of hydrogen-bond acceptors (Lipinski definition) is 4. The maximum absolute atomic E-state index is 12.3. The molecule has 2 rings (SSSR count). The van der Waals surface area contributed by atoms with Gasteiger partial charge in [-0.1, -0.05) is 12.1 Å². The van der Waals surface area contributed by atoms with Crippen LogP contribution in [-0.2, 0) is 20.5 Å². The maximum atomic E-state index is 12.3. The van der Waals surface area contributed by atoms with E-state index in [2.05, 4.69) is 0 Å². The minimum atomic E-state index is -0.446. The first-order valence-corrected chi connectivity index (χ1v) is 8.37. The molecule has 1 aliphatic heterocycles. The van der Waals surface area contributed by atoms with Crippen molar-refractivity contribution in [3.63, 3.8) is 0 Å². The van der Waals surface area contributed by atoms with E-state index in [-0.39, 0.29) is 5.91 Å². The zero-order valence-corrected chi connectivity index (χ0v) is 15.8. The van der Waals surface area contributed by atoms with E-state index in [0.29, 0.717) is 18.7 Å². The molecule has 6 heteroatoms. The van der Waals surface area contributed by atoms with Gasteiger partial charge in [-0.2, -0.15) is 0 Å². The second kappa shape index (κ2) is 6.77. The quantitative estimate of drug-likeness (QED) is 0.774. The van der Waals surface area contributed by atoms with Crippen LogP contribution in [0.25, 0.3) is 0 Å². The molecular formula is C18H28BNO4. The average molecular weight is 333 g/mol. The molecule has 0 aliphatic carbocycles. The van der Waals surface area contributed by atoms with Gasteiger partial charge in [0.2, 0.25) is 5.91 Å². The molecular weight excluding hydrogens is 305 g/mol.